The van der Waals surface area contributed by atoms with E-state index in [1.807, 2.05) is 19.1 Å². The minimum absolute atomic E-state index is 0. The predicted molar refractivity (Wildman–Crippen MR) is 102 cm³/mol. The minimum atomic E-state index is -3.54. The Bertz CT molecular complexity index is 875. The molecule has 1 aromatic carbocycles. The van der Waals surface area contributed by atoms with Crippen molar-refractivity contribution < 1.29 is 8.42 Å². The van der Waals surface area contributed by atoms with E-state index in [1.165, 1.54) is 0 Å². The van der Waals surface area contributed by atoms with E-state index in [1.54, 1.807) is 29.7 Å². The maximum absolute atomic E-state index is 13.3. The third-order valence-electron chi connectivity index (χ3n) is 5.55. The molecule has 2 aliphatic rings. The molecule has 3 heterocycles. The van der Waals surface area contributed by atoms with E-state index in [2.05, 4.69) is 10.3 Å². The first-order chi connectivity index (χ1) is 11.5. The van der Waals surface area contributed by atoms with Gasteiger partial charge in [-0.2, -0.15) is 4.31 Å². The molecule has 2 fully saturated rings. The van der Waals surface area contributed by atoms with Crippen molar-refractivity contribution in [2.24, 2.45) is 0 Å². The maximum Gasteiger partial charge on any atom is 0.243 e. The quantitative estimate of drug-likeness (QED) is 0.887. The van der Waals surface area contributed by atoms with Crippen LogP contribution in [0.1, 0.15) is 31.2 Å². The van der Waals surface area contributed by atoms with E-state index in [4.69, 9.17) is 0 Å². The molecule has 2 unspecified atom stereocenters. The summed E-state index contributed by atoms with van der Waals surface area (Å²) in [5.41, 5.74) is 1.75. The van der Waals surface area contributed by atoms with E-state index in [0.29, 0.717) is 22.4 Å². The summed E-state index contributed by atoms with van der Waals surface area (Å²) in [7, 11) is -1.81. The molecular formula is C18H24ClN3O2S. The molecule has 1 N–H and O–H groups in total. The highest BCUT2D eigenvalue weighted by molar-refractivity contribution is 7.89. The lowest BCUT2D eigenvalue weighted by molar-refractivity contribution is 0.251. The molecule has 5 nitrogen and oxygen atoms in total. The van der Waals surface area contributed by atoms with E-state index in [9.17, 15) is 8.42 Å². The van der Waals surface area contributed by atoms with Crippen LogP contribution in [0.3, 0.4) is 0 Å². The standard InChI is InChI=1S/C18H23N3O2S.ClH/c1-12-5-8-17(16-4-3-9-19-18(12)16)24(22,23)21(2)15-10-13-6-7-14(11-15)20-13;/h3-5,8-9,13-15,20H,6-7,10-11H2,1-2H3;1H. The van der Waals surface area contributed by atoms with E-state index in [0.717, 1.165) is 36.8 Å². The number of halogens is 1. The summed E-state index contributed by atoms with van der Waals surface area (Å²) in [5.74, 6) is 0. The maximum atomic E-state index is 13.3. The fourth-order valence-electron chi connectivity index (χ4n) is 4.19. The first kappa shape index (κ1) is 18.6. The molecule has 0 aliphatic carbocycles. The molecule has 2 atom stereocenters. The molecule has 2 aliphatic heterocycles. The van der Waals surface area contributed by atoms with Gasteiger partial charge in [0.15, 0.2) is 0 Å². The molecule has 0 saturated carbocycles. The molecule has 1 aromatic heterocycles. The summed E-state index contributed by atoms with van der Waals surface area (Å²) in [5, 5.41) is 4.28. The van der Waals surface area contributed by atoms with Crippen LogP contribution in [0.2, 0.25) is 0 Å². The van der Waals surface area contributed by atoms with Crippen molar-refractivity contribution in [3.8, 4) is 0 Å². The van der Waals surface area contributed by atoms with Gasteiger partial charge in [0.05, 0.1) is 10.4 Å². The average Bonchev–Trinajstić information content (AvgIpc) is 2.92. The second-order valence-corrected chi connectivity index (χ2v) is 9.03. The van der Waals surface area contributed by atoms with E-state index in [-0.39, 0.29) is 18.4 Å². The van der Waals surface area contributed by atoms with Gasteiger partial charge in [0.25, 0.3) is 0 Å². The number of nitrogens with zero attached hydrogens (tertiary/aromatic N) is 2. The van der Waals surface area contributed by atoms with Gasteiger partial charge in [0.1, 0.15) is 0 Å². The number of piperidine rings is 1. The van der Waals surface area contributed by atoms with E-state index < -0.39 is 10.0 Å². The summed E-state index contributed by atoms with van der Waals surface area (Å²) in [6, 6.07) is 8.21. The van der Waals surface area contributed by atoms with Gasteiger partial charge < -0.3 is 5.32 Å². The van der Waals surface area contributed by atoms with Crippen molar-refractivity contribution in [1.29, 1.82) is 0 Å². The molecule has 25 heavy (non-hydrogen) atoms. The number of fused-ring (bicyclic) bond motifs is 3. The normalized spacial score (nSPS) is 26.0. The average molecular weight is 382 g/mol. The van der Waals surface area contributed by atoms with Gasteiger partial charge >= 0.3 is 0 Å². The third-order valence-corrected chi connectivity index (χ3v) is 7.52. The Kier molecular flexibility index (Phi) is 5.08. The summed E-state index contributed by atoms with van der Waals surface area (Å²) < 4.78 is 28.1. The lowest BCUT2D eigenvalue weighted by Crippen LogP contribution is -2.48. The highest BCUT2D eigenvalue weighted by atomic mass is 35.5. The molecule has 0 spiro atoms. The second-order valence-electron chi connectivity index (χ2n) is 7.06. The van der Waals surface area contributed by atoms with Crippen LogP contribution in [-0.4, -0.2) is 42.9 Å². The van der Waals surface area contributed by atoms with Gasteiger partial charge in [0.2, 0.25) is 10.0 Å². The second kappa shape index (κ2) is 6.83. The molecule has 7 heteroatoms. The monoisotopic (exact) mass is 381 g/mol. The zero-order chi connectivity index (χ0) is 16.9. The van der Waals surface area contributed by atoms with Crippen LogP contribution in [0.5, 0.6) is 0 Å². The smallest absolute Gasteiger partial charge is 0.243 e. The Morgan fingerprint density at radius 1 is 1.16 bits per heavy atom. The van der Waals surface area contributed by atoms with Crippen molar-refractivity contribution in [1.82, 2.24) is 14.6 Å². The topological polar surface area (TPSA) is 62.3 Å². The first-order valence-electron chi connectivity index (χ1n) is 8.55. The lowest BCUT2D eigenvalue weighted by atomic mass is 10.0. The molecule has 2 saturated heterocycles. The van der Waals surface area contributed by atoms with Gasteiger partial charge in [-0.05, 0) is 56.4 Å². The number of rotatable bonds is 3. The van der Waals surface area contributed by atoms with Crippen LogP contribution in [0.4, 0.5) is 0 Å². The number of pyridine rings is 1. The van der Waals surface area contributed by atoms with Gasteiger partial charge in [-0.25, -0.2) is 8.42 Å². The SMILES string of the molecule is Cc1ccc(S(=O)(=O)N(C)C2CC3CCC(C2)N3)c2cccnc12.Cl. The van der Waals surface area contributed by atoms with Crippen molar-refractivity contribution in [3.05, 3.63) is 36.0 Å². The largest absolute Gasteiger partial charge is 0.311 e. The number of benzene rings is 1. The molecule has 2 bridgehead atoms. The Hall–Kier alpha value is -1.21. The molecule has 136 valence electrons. The van der Waals surface area contributed by atoms with Crippen LogP contribution < -0.4 is 5.32 Å². The van der Waals surface area contributed by atoms with Crippen LogP contribution >= 0.6 is 12.4 Å². The van der Waals surface area contributed by atoms with Gasteiger partial charge in [-0.3, -0.25) is 4.98 Å². The minimum Gasteiger partial charge on any atom is -0.311 e. The van der Waals surface area contributed by atoms with Crippen molar-refractivity contribution in [2.75, 3.05) is 7.05 Å². The number of nitrogens with one attached hydrogen (secondary N) is 1. The summed E-state index contributed by atoms with van der Waals surface area (Å²) >= 11 is 0. The summed E-state index contributed by atoms with van der Waals surface area (Å²) in [4.78, 5) is 4.73. The molecule has 0 amide bonds. The number of aromatic nitrogens is 1. The van der Waals surface area contributed by atoms with Gasteiger partial charge in [-0.15, -0.1) is 12.4 Å². The van der Waals surface area contributed by atoms with Gasteiger partial charge in [-0.1, -0.05) is 6.07 Å². The number of sulfonamides is 1. The Morgan fingerprint density at radius 3 is 2.52 bits per heavy atom. The van der Waals surface area contributed by atoms with Crippen LogP contribution in [-0.2, 0) is 10.0 Å². The molecule has 4 rings (SSSR count). The number of aryl methyl sites for hydroxylation is 1. The van der Waals surface area contributed by atoms with Crippen molar-refractivity contribution in [3.63, 3.8) is 0 Å². The Morgan fingerprint density at radius 2 is 1.84 bits per heavy atom. The molecular weight excluding hydrogens is 358 g/mol. The number of hydrogen-bond acceptors (Lipinski definition) is 4. The summed E-state index contributed by atoms with van der Waals surface area (Å²) in [6.45, 7) is 1.96. The molecule has 0 radical (unpaired) electrons. The third kappa shape index (κ3) is 3.16. The van der Waals surface area contributed by atoms with Crippen molar-refractivity contribution >= 4 is 33.3 Å². The highest BCUT2D eigenvalue weighted by Gasteiger charge is 2.39. The van der Waals surface area contributed by atoms with E-state index >= 15 is 0 Å². The summed E-state index contributed by atoms with van der Waals surface area (Å²) in [6.07, 6.45) is 5.82. The number of hydrogen-bond donors (Lipinski definition) is 1. The predicted octanol–water partition coefficient (Wildman–Crippen LogP) is 2.87. The van der Waals surface area contributed by atoms with Crippen molar-refractivity contribution in [2.45, 2.75) is 55.6 Å². The Balaban J connectivity index is 0.00000182. The zero-order valence-electron chi connectivity index (χ0n) is 14.5. The zero-order valence-corrected chi connectivity index (χ0v) is 16.1. The Labute approximate surface area is 155 Å². The first-order valence-corrected chi connectivity index (χ1v) is 9.99. The fraction of sp³-hybridized carbons (Fsp3) is 0.500. The fourth-order valence-corrected chi connectivity index (χ4v) is 5.75. The lowest BCUT2D eigenvalue weighted by Gasteiger charge is -2.35. The van der Waals surface area contributed by atoms with Crippen LogP contribution in [0.25, 0.3) is 10.9 Å². The van der Waals surface area contributed by atoms with Crippen LogP contribution in [0, 0.1) is 6.92 Å². The highest BCUT2D eigenvalue weighted by Crippen LogP contribution is 2.33. The van der Waals surface area contributed by atoms with Crippen LogP contribution in [0.15, 0.2) is 35.4 Å². The molecule has 2 aromatic rings. The van der Waals surface area contributed by atoms with Gasteiger partial charge in [0, 0.05) is 36.8 Å².